The van der Waals surface area contributed by atoms with Crippen LogP contribution in [0.15, 0.2) is 30.3 Å². The lowest BCUT2D eigenvalue weighted by atomic mass is 10.1. The number of nitrogens with one attached hydrogen (secondary N) is 1. The number of halogens is 2. The molecule has 0 unspecified atom stereocenters. The summed E-state index contributed by atoms with van der Waals surface area (Å²) < 4.78 is 35.6. The van der Waals surface area contributed by atoms with Gasteiger partial charge in [-0.1, -0.05) is 27.3 Å². The monoisotopic (exact) mass is 487 g/mol. The number of rotatable bonds is 8. The molecule has 0 fully saturated rings. The maximum absolute atomic E-state index is 15.4. The molecule has 5 N–H and O–H groups in total. The Kier molecular flexibility index (Phi) is 8.57. The van der Waals surface area contributed by atoms with Crippen LogP contribution >= 0.6 is 0 Å². The quantitative estimate of drug-likeness (QED) is 0.439. The van der Waals surface area contributed by atoms with Crippen molar-refractivity contribution in [3.63, 3.8) is 0 Å². The molecule has 1 aromatic heterocycles. The first-order chi connectivity index (χ1) is 16.0. The highest BCUT2D eigenvalue weighted by Gasteiger charge is 2.26. The molecule has 0 saturated heterocycles. The third kappa shape index (κ3) is 5.59. The molecule has 0 saturated carbocycles. The van der Waals surface area contributed by atoms with Gasteiger partial charge in [0.2, 0.25) is 0 Å². The molecule has 35 heavy (non-hydrogen) atoms. The van der Waals surface area contributed by atoms with E-state index in [1.165, 1.54) is 24.3 Å². The molecule has 10 heteroatoms. The molecule has 0 atom stereocenters. The van der Waals surface area contributed by atoms with Crippen LogP contribution in [0.25, 0.3) is 5.69 Å². The maximum Gasteiger partial charge on any atom is 0.269 e. The Hall–Kier alpha value is -3.95. The summed E-state index contributed by atoms with van der Waals surface area (Å²) in [7, 11) is 0. The van der Waals surface area contributed by atoms with Crippen molar-refractivity contribution in [1.29, 1.82) is 0 Å². The van der Waals surface area contributed by atoms with Gasteiger partial charge in [-0.05, 0) is 55.2 Å². The van der Waals surface area contributed by atoms with E-state index in [4.69, 9.17) is 16.2 Å². The van der Waals surface area contributed by atoms with E-state index in [1.807, 2.05) is 13.8 Å². The van der Waals surface area contributed by atoms with Gasteiger partial charge in [0.15, 0.2) is 11.5 Å². The van der Waals surface area contributed by atoms with E-state index in [-0.39, 0.29) is 54.9 Å². The summed E-state index contributed by atoms with van der Waals surface area (Å²) in [5, 5.41) is 6.98. The second kappa shape index (κ2) is 11.0. The number of anilines is 1. The van der Waals surface area contributed by atoms with Crippen LogP contribution in [0.2, 0.25) is 0 Å². The number of hydrogen-bond acceptors (Lipinski definition) is 5. The largest absolute Gasteiger partial charge is 0.491 e. The molecule has 8 nitrogen and oxygen atoms in total. The van der Waals surface area contributed by atoms with Crippen LogP contribution in [-0.2, 0) is 6.54 Å². The van der Waals surface area contributed by atoms with Crippen LogP contribution in [0, 0.1) is 18.6 Å². The zero-order valence-corrected chi connectivity index (χ0v) is 19.4. The lowest BCUT2D eigenvalue weighted by molar-refractivity contribution is 0.0948. The molecule has 0 aliphatic heterocycles. The predicted molar refractivity (Wildman–Crippen MR) is 131 cm³/mol. The number of primary amides is 1. The molecule has 0 aliphatic carbocycles. The fourth-order valence-corrected chi connectivity index (χ4v) is 3.59. The molecule has 0 aliphatic rings. The molecule has 3 aromatic rings. The zero-order valence-electron chi connectivity index (χ0n) is 19.4. The first-order valence-electron chi connectivity index (χ1n) is 10.7. The Morgan fingerprint density at radius 2 is 1.89 bits per heavy atom. The SMILES string of the molecule is C.CCOc1cc(CNC(=O)c2cc(F)ccc2C)cc(F)c1-n1nc(C(C)C)c(N)c1C(N)=O. The third-order valence-corrected chi connectivity index (χ3v) is 5.23. The summed E-state index contributed by atoms with van der Waals surface area (Å²) in [6.07, 6.45) is 0. The highest BCUT2D eigenvalue weighted by atomic mass is 19.1. The van der Waals surface area contributed by atoms with Gasteiger partial charge >= 0.3 is 0 Å². The highest BCUT2D eigenvalue weighted by Crippen LogP contribution is 2.33. The minimum Gasteiger partial charge on any atom is -0.491 e. The number of hydrogen-bond donors (Lipinski definition) is 3. The number of nitrogens with two attached hydrogens (primary N) is 2. The summed E-state index contributed by atoms with van der Waals surface area (Å²) in [5.74, 6) is -2.70. The smallest absolute Gasteiger partial charge is 0.269 e. The van der Waals surface area contributed by atoms with E-state index in [2.05, 4.69) is 10.4 Å². The third-order valence-electron chi connectivity index (χ3n) is 5.23. The van der Waals surface area contributed by atoms with Crippen molar-refractivity contribution < 1.29 is 23.1 Å². The molecule has 3 rings (SSSR count). The van der Waals surface area contributed by atoms with E-state index in [9.17, 15) is 14.0 Å². The lowest BCUT2D eigenvalue weighted by Crippen LogP contribution is -2.24. The van der Waals surface area contributed by atoms with Gasteiger partial charge in [0, 0.05) is 12.1 Å². The molecular formula is C25H31F2N5O3. The summed E-state index contributed by atoms with van der Waals surface area (Å²) in [6.45, 7) is 7.22. The van der Waals surface area contributed by atoms with Crippen molar-refractivity contribution in [2.24, 2.45) is 5.73 Å². The first-order valence-corrected chi connectivity index (χ1v) is 10.7. The van der Waals surface area contributed by atoms with Crippen molar-refractivity contribution >= 4 is 17.5 Å². The zero-order chi connectivity index (χ0) is 25.2. The van der Waals surface area contributed by atoms with E-state index in [0.717, 1.165) is 10.7 Å². The second-order valence-electron chi connectivity index (χ2n) is 8.08. The topological polar surface area (TPSA) is 125 Å². The fraction of sp³-hybridized carbons (Fsp3) is 0.320. The highest BCUT2D eigenvalue weighted by molar-refractivity contribution is 5.97. The number of carbonyl (C=O) groups excluding carboxylic acids is 2. The summed E-state index contributed by atoms with van der Waals surface area (Å²) >= 11 is 0. The van der Waals surface area contributed by atoms with Crippen molar-refractivity contribution in [3.8, 4) is 11.4 Å². The number of benzene rings is 2. The van der Waals surface area contributed by atoms with Crippen LogP contribution in [-0.4, -0.2) is 28.2 Å². The van der Waals surface area contributed by atoms with E-state index < -0.39 is 23.4 Å². The molecule has 1 heterocycles. The molecule has 188 valence electrons. The average molecular weight is 488 g/mol. The Morgan fingerprint density at radius 1 is 1.20 bits per heavy atom. The van der Waals surface area contributed by atoms with Crippen molar-refractivity contribution in [2.45, 2.75) is 47.6 Å². The predicted octanol–water partition coefficient (Wildman–Crippen LogP) is 4.23. The number of nitrogens with zero attached hydrogens (tertiary/aromatic N) is 2. The first kappa shape index (κ1) is 27.3. The van der Waals surface area contributed by atoms with E-state index in [1.54, 1.807) is 13.8 Å². The standard InChI is InChI=1S/C24H27F2N5O3.CH4/c1-5-34-18-9-14(11-29-24(33)16-10-15(25)7-6-13(16)4)8-17(26)21(18)31-22(23(28)32)19(27)20(30-31)12(2)3;/h6-10,12H,5,11,27H2,1-4H3,(H2,28,32)(H,29,33);1H4. The molecule has 2 aromatic carbocycles. The van der Waals surface area contributed by atoms with Gasteiger partial charge in [-0.25, -0.2) is 13.5 Å². The van der Waals surface area contributed by atoms with Gasteiger partial charge in [-0.15, -0.1) is 0 Å². The van der Waals surface area contributed by atoms with Crippen molar-refractivity contribution in [2.75, 3.05) is 12.3 Å². The number of nitrogen functional groups attached to an aromatic ring is 1. The number of carbonyl (C=O) groups is 2. The summed E-state index contributed by atoms with van der Waals surface area (Å²) in [6, 6.07) is 6.62. The minimum absolute atomic E-state index is 0. The summed E-state index contributed by atoms with van der Waals surface area (Å²) in [4.78, 5) is 24.6. The van der Waals surface area contributed by atoms with Crippen LogP contribution < -0.4 is 21.5 Å². The number of ether oxygens (including phenoxy) is 1. The van der Waals surface area contributed by atoms with Gasteiger partial charge in [-0.2, -0.15) is 5.10 Å². The van der Waals surface area contributed by atoms with Crippen LogP contribution in [0.1, 0.15) is 71.8 Å². The fourth-order valence-electron chi connectivity index (χ4n) is 3.59. The number of amides is 2. The Labute approximate surface area is 203 Å². The van der Waals surface area contributed by atoms with Crippen LogP contribution in [0.5, 0.6) is 5.75 Å². The molecule has 0 radical (unpaired) electrons. The van der Waals surface area contributed by atoms with Crippen LogP contribution in [0.4, 0.5) is 14.5 Å². The van der Waals surface area contributed by atoms with Gasteiger partial charge < -0.3 is 21.5 Å². The number of aryl methyl sites for hydroxylation is 1. The van der Waals surface area contributed by atoms with Crippen LogP contribution in [0.3, 0.4) is 0 Å². The van der Waals surface area contributed by atoms with Gasteiger partial charge in [0.1, 0.15) is 17.3 Å². The summed E-state index contributed by atoms with van der Waals surface area (Å²) in [5.41, 5.74) is 13.0. The van der Waals surface area contributed by atoms with Gasteiger partial charge in [-0.3, -0.25) is 9.59 Å². The minimum atomic E-state index is -0.861. The molecule has 0 spiro atoms. The Bertz CT molecular complexity index is 1250. The Morgan fingerprint density at radius 3 is 2.49 bits per heavy atom. The lowest BCUT2D eigenvalue weighted by Gasteiger charge is -2.15. The molecular weight excluding hydrogens is 456 g/mol. The van der Waals surface area contributed by atoms with E-state index >= 15 is 4.39 Å². The molecule has 0 bridgehead atoms. The Balaban J connectivity index is 0.00000432. The van der Waals surface area contributed by atoms with Crippen molar-refractivity contribution in [1.82, 2.24) is 15.1 Å². The normalized spacial score (nSPS) is 10.7. The second-order valence-corrected chi connectivity index (χ2v) is 8.08. The number of aromatic nitrogens is 2. The van der Waals surface area contributed by atoms with E-state index in [0.29, 0.717) is 16.8 Å². The average Bonchev–Trinajstić information content (AvgIpc) is 3.10. The van der Waals surface area contributed by atoms with Gasteiger partial charge in [0.25, 0.3) is 11.8 Å². The maximum atomic E-state index is 15.4. The van der Waals surface area contributed by atoms with Gasteiger partial charge in [0.05, 0.1) is 18.0 Å². The van der Waals surface area contributed by atoms with Crippen molar-refractivity contribution in [3.05, 3.63) is 70.0 Å². The molecule has 2 amide bonds.